The molecule has 0 bridgehead atoms. The van der Waals surface area contributed by atoms with Crippen LogP contribution in [0.5, 0.6) is 5.75 Å². The van der Waals surface area contributed by atoms with E-state index >= 15 is 0 Å². The summed E-state index contributed by atoms with van der Waals surface area (Å²) in [5.41, 5.74) is 2.62. The second-order valence-electron chi connectivity index (χ2n) is 4.82. The summed E-state index contributed by atoms with van der Waals surface area (Å²) in [6.07, 6.45) is 3.28. The van der Waals surface area contributed by atoms with Gasteiger partial charge in [-0.3, -0.25) is 4.79 Å². The average molecular weight is 296 g/mol. The van der Waals surface area contributed by atoms with Crippen molar-refractivity contribution in [2.24, 2.45) is 0 Å². The van der Waals surface area contributed by atoms with Gasteiger partial charge in [-0.1, -0.05) is 35.9 Å². The summed E-state index contributed by atoms with van der Waals surface area (Å²) in [5.74, 6) is -0.742. The Morgan fingerprint density at radius 3 is 2.50 bits per heavy atom. The van der Waals surface area contributed by atoms with E-state index in [1.165, 1.54) is 6.08 Å². The predicted molar refractivity (Wildman–Crippen MR) is 84.1 cm³/mol. The maximum atomic E-state index is 12.1. The van der Waals surface area contributed by atoms with Crippen LogP contribution in [0.2, 0.25) is 0 Å². The van der Waals surface area contributed by atoms with E-state index in [1.807, 2.05) is 31.2 Å². The molecule has 0 aliphatic rings. The van der Waals surface area contributed by atoms with E-state index in [-0.39, 0.29) is 5.78 Å². The van der Waals surface area contributed by atoms with Crippen LogP contribution in [-0.4, -0.2) is 23.5 Å². The van der Waals surface area contributed by atoms with Crippen LogP contribution in [0.1, 0.15) is 21.5 Å². The molecule has 0 fully saturated rings. The Labute approximate surface area is 128 Å². The molecule has 4 heteroatoms. The Hall–Kier alpha value is -2.88. The van der Waals surface area contributed by atoms with Gasteiger partial charge in [0, 0.05) is 5.56 Å². The van der Waals surface area contributed by atoms with Gasteiger partial charge in [0.05, 0.1) is 0 Å². The molecule has 0 radical (unpaired) electrons. The van der Waals surface area contributed by atoms with Crippen LogP contribution in [0, 0.1) is 6.92 Å². The summed E-state index contributed by atoms with van der Waals surface area (Å²) in [6.45, 7) is 1.59. The van der Waals surface area contributed by atoms with Gasteiger partial charge < -0.3 is 9.84 Å². The molecule has 0 saturated heterocycles. The fourth-order valence-electron chi connectivity index (χ4n) is 1.90. The highest BCUT2D eigenvalue weighted by Crippen LogP contribution is 2.14. The maximum absolute atomic E-state index is 12.1. The van der Waals surface area contributed by atoms with Gasteiger partial charge in [0.25, 0.3) is 0 Å². The molecule has 0 aliphatic carbocycles. The number of rotatable bonds is 6. The fraction of sp³-hybridized carbons (Fsp3) is 0.111. The number of carbonyl (C=O) groups excluding carboxylic acids is 1. The number of carboxylic acids is 1. The van der Waals surface area contributed by atoms with E-state index in [2.05, 4.69) is 0 Å². The number of hydrogen-bond donors (Lipinski definition) is 1. The summed E-state index contributed by atoms with van der Waals surface area (Å²) in [5, 5.41) is 8.53. The van der Waals surface area contributed by atoms with Gasteiger partial charge in [-0.2, -0.15) is 0 Å². The number of ether oxygens (including phenoxy) is 1. The monoisotopic (exact) mass is 296 g/mol. The van der Waals surface area contributed by atoms with E-state index < -0.39 is 12.6 Å². The molecular formula is C18H16O4. The quantitative estimate of drug-likeness (QED) is 0.656. The third-order valence-corrected chi connectivity index (χ3v) is 2.97. The maximum Gasteiger partial charge on any atom is 0.341 e. The SMILES string of the molecule is Cc1cccc(/C=C/C(=O)c2ccc(OCC(=O)O)cc2)c1. The second kappa shape index (κ2) is 7.22. The van der Waals surface area contributed by atoms with Gasteiger partial charge in [0.1, 0.15) is 5.75 Å². The number of hydrogen-bond acceptors (Lipinski definition) is 3. The van der Waals surface area contributed by atoms with Crippen LogP contribution in [-0.2, 0) is 4.79 Å². The molecule has 112 valence electrons. The van der Waals surface area contributed by atoms with Crippen LogP contribution >= 0.6 is 0 Å². The van der Waals surface area contributed by atoms with E-state index in [1.54, 1.807) is 30.3 Å². The molecule has 0 heterocycles. The number of aryl methyl sites for hydroxylation is 1. The van der Waals surface area contributed by atoms with Gasteiger partial charge >= 0.3 is 5.97 Å². The smallest absolute Gasteiger partial charge is 0.341 e. The van der Waals surface area contributed by atoms with Gasteiger partial charge in [-0.25, -0.2) is 4.79 Å². The summed E-state index contributed by atoms with van der Waals surface area (Å²) in [6, 6.07) is 14.2. The van der Waals surface area contributed by atoms with Crippen molar-refractivity contribution in [1.82, 2.24) is 0 Å². The molecular weight excluding hydrogens is 280 g/mol. The van der Waals surface area contributed by atoms with Crippen LogP contribution in [0.25, 0.3) is 6.08 Å². The number of carboxylic acid groups (broad SMARTS) is 1. The Morgan fingerprint density at radius 2 is 1.86 bits per heavy atom. The largest absolute Gasteiger partial charge is 0.482 e. The highest BCUT2D eigenvalue weighted by Gasteiger charge is 2.03. The van der Waals surface area contributed by atoms with Crippen molar-refractivity contribution in [2.75, 3.05) is 6.61 Å². The van der Waals surface area contributed by atoms with Crippen molar-refractivity contribution in [3.8, 4) is 5.75 Å². The molecule has 1 N–H and O–H groups in total. The lowest BCUT2D eigenvalue weighted by molar-refractivity contribution is -0.139. The number of ketones is 1. The van der Waals surface area contributed by atoms with Crippen molar-refractivity contribution in [2.45, 2.75) is 6.92 Å². The van der Waals surface area contributed by atoms with Crippen molar-refractivity contribution in [1.29, 1.82) is 0 Å². The summed E-state index contributed by atoms with van der Waals surface area (Å²) in [4.78, 5) is 22.5. The zero-order valence-corrected chi connectivity index (χ0v) is 12.2. The molecule has 0 unspecified atom stereocenters. The molecule has 22 heavy (non-hydrogen) atoms. The molecule has 0 saturated carbocycles. The first-order valence-electron chi connectivity index (χ1n) is 6.78. The van der Waals surface area contributed by atoms with Gasteiger partial charge in [0.2, 0.25) is 0 Å². The fourth-order valence-corrected chi connectivity index (χ4v) is 1.90. The predicted octanol–water partition coefficient (Wildman–Crippen LogP) is 3.35. The lowest BCUT2D eigenvalue weighted by atomic mass is 10.1. The molecule has 0 aromatic heterocycles. The number of allylic oxidation sites excluding steroid dienone is 1. The lowest BCUT2D eigenvalue weighted by Gasteiger charge is -2.03. The zero-order valence-electron chi connectivity index (χ0n) is 12.2. The first-order chi connectivity index (χ1) is 10.5. The highest BCUT2D eigenvalue weighted by molar-refractivity contribution is 6.06. The van der Waals surface area contributed by atoms with E-state index in [4.69, 9.17) is 9.84 Å². The van der Waals surface area contributed by atoms with Gasteiger partial charge in [0.15, 0.2) is 12.4 Å². The van der Waals surface area contributed by atoms with E-state index in [9.17, 15) is 9.59 Å². The normalized spacial score (nSPS) is 10.6. The summed E-state index contributed by atoms with van der Waals surface area (Å²) in [7, 11) is 0. The minimum Gasteiger partial charge on any atom is -0.482 e. The number of carbonyl (C=O) groups is 2. The van der Waals surface area contributed by atoms with Crippen LogP contribution in [0.3, 0.4) is 0 Å². The Morgan fingerprint density at radius 1 is 1.14 bits per heavy atom. The molecule has 2 aromatic rings. The van der Waals surface area contributed by atoms with Crippen molar-refractivity contribution < 1.29 is 19.4 Å². The van der Waals surface area contributed by atoms with Crippen LogP contribution in [0.15, 0.2) is 54.6 Å². The lowest BCUT2D eigenvalue weighted by Crippen LogP contribution is -2.09. The second-order valence-corrected chi connectivity index (χ2v) is 4.82. The molecule has 0 atom stereocenters. The van der Waals surface area contributed by atoms with Crippen molar-refractivity contribution >= 4 is 17.8 Å². The summed E-state index contributed by atoms with van der Waals surface area (Å²) < 4.78 is 5.02. The number of aliphatic carboxylic acids is 1. The van der Waals surface area contributed by atoms with Gasteiger partial charge in [-0.05, 0) is 42.8 Å². The van der Waals surface area contributed by atoms with Gasteiger partial charge in [-0.15, -0.1) is 0 Å². The molecule has 4 nitrogen and oxygen atoms in total. The topological polar surface area (TPSA) is 63.6 Å². The molecule has 0 spiro atoms. The molecule has 2 rings (SSSR count). The average Bonchev–Trinajstić information content (AvgIpc) is 2.51. The third-order valence-electron chi connectivity index (χ3n) is 2.97. The zero-order chi connectivity index (χ0) is 15.9. The van der Waals surface area contributed by atoms with E-state index in [0.29, 0.717) is 11.3 Å². The van der Waals surface area contributed by atoms with Crippen LogP contribution < -0.4 is 4.74 Å². The van der Waals surface area contributed by atoms with Crippen molar-refractivity contribution in [3.63, 3.8) is 0 Å². The first kappa shape index (κ1) is 15.5. The standard InChI is InChI=1S/C18H16O4/c1-13-3-2-4-14(11-13)5-10-17(19)15-6-8-16(9-7-15)22-12-18(20)21/h2-11H,12H2,1H3,(H,20,21)/b10-5+. The highest BCUT2D eigenvalue weighted by atomic mass is 16.5. The Balaban J connectivity index is 2.02. The third kappa shape index (κ3) is 4.59. The minimum absolute atomic E-state index is 0.119. The van der Waals surface area contributed by atoms with E-state index in [0.717, 1.165) is 11.1 Å². The van der Waals surface area contributed by atoms with Crippen molar-refractivity contribution in [3.05, 3.63) is 71.3 Å². The molecule has 0 aliphatic heterocycles. The first-order valence-corrected chi connectivity index (χ1v) is 6.78. The Kier molecular flexibility index (Phi) is 5.09. The molecule has 2 aromatic carbocycles. The summed E-state index contributed by atoms with van der Waals surface area (Å²) >= 11 is 0. The van der Waals surface area contributed by atoms with Crippen LogP contribution in [0.4, 0.5) is 0 Å². The number of benzene rings is 2. The minimum atomic E-state index is -1.04. The Bertz CT molecular complexity index is 699. The molecule has 0 amide bonds.